The second kappa shape index (κ2) is 6.78. The molecule has 8 nitrogen and oxygen atoms in total. The molecule has 3 N–H and O–H groups in total. The highest BCUT2D eigenvalue weighted by Crippen LogP contribution is 2.34. The monoisotopic (exact) mass is 343 g/mol. The lowest BCUT2D eigenvalue weighted by atomic mass is 10.1. The number of amides is 1. The number of benzene rings is 1. The van der Waals surface area contributed by atoms with Crippen molar-refractivity contribution >= 4 is 28.5 Å². The number of carbonyl (C=O) groups is 2. The summed E-state index contributed by atoms with van der Waals surface area (Å²) in [5.41, 5.74) is 1.06. The third-order valence-electron chi connectivity index (χ3n) is 3.97. The fraction of sp³-hybridized carbons (Fsp3) is 0.235. The first-order valence-electron chi connectivity index (χ1n) is 7.62. The Bertz CT molecular complexity index is 878. The normalized spacial score (nSPS) is 14.3. The highest BCUT2D eigenvalue weighted by atomic mass is 16.5. The molecule has 1 aliphatic heterocycles. The molecule has 3 rings (SSSR count). The Morgan fingerprint density at radius 2 is 2.20 bits per heavy atom. The van der Waals surface area contributed by atoms with E-state index in [0.29, 0.717) is 10.9 Å². The van der Waals surface area contributed by atoms with E-state index in [1.807, 2.05) is 0 Å². The highest BCUT2D eigenvalue weighted by Gasteiger charge is 2.35. The number of aromatic nitrogens is 1. The summed E-state index contributed by atoms with van der Waals surface area (Å²) in [6.07, 6.45) is 1.62. The van der Waals surface area contributed by atoms with Crippen molar-refractivity contribution in [3.63, 3.8) is 0 Å². The average molecular weight is 343 g/mol. The lowest BCUT2D eigenvalue weighted by Crippen LogP contribution is -2.31. The second-order valence-electron chi connectivity index (χ2n) is 5.45. The maximum atomic E-state index is 12.6. The molecule has 1 aromatic carbocycles. The van der Waals surface area contributed by atoms with Crippen LogP contribution in [0.1, 0.15) is 0 Å². The molecule has 0 atom stereocenters. The third-order valence-corrected chi connectivity index (χ3v) is 3.97. The molecule has 0 unspecified atom stereocenters. The zero-order valence-electron chi connectivity index (χ0n) is 13.5. The summed E-state index contributed by atoms with van der Waals surface area (Å²) in [5.74, 6) is -1.17. The van der Waals surface area contributed by atoms with Gasteiger partial charge in [0.15, 0.2) is 0 Å². The van der Waals surface area contributed by atoms with Gasteiger partial charge in [0.25, 0.3) is 5.91 Å². The van der Waals surface area contributed by atoms with Gasteiger partial charge in [0.1, 0.15) is 11.4 Å². The average Bonchev–Trinajstić information content (AvgIpc) is 2.93. The molecule has 2 aromatic rings. The molecule has 1 amide bonds. The van der Waals surface area contributed by atoms with E-state index in [1.165, 1.54) is 18.1 Å². The first-order valence-corrected chi connectivity index (χ1v) is 7.62. The largest absolute Gasteiger partial charge is 0.506 e. The van der Waals surface area contributed by atoms with Crippen LogP contribution in [0.3, 0.4) is 0 Å². The molecular weight excluding hydrogens is 326 g/mol. The second-order valence-corrected chi connectivity index (χ2v) is 5.45. The van der Waals surface area contributed by atoms with Gasteiger partial charge in [-0.2, -0.15) is 0 Å². The maximum absolute atomic E-state index is 12.6. The van der Waals surface area contributed by atoms with Crippen LogP contribution in [0.2, 0.25) is 0 Å². The Hall–Kier alpha value is -3.13. The SMILES string of the molecule is COC(=O)C1=C(Nc2c(O)ccc3ncccc23)C(=O)N(CCO)C1. The zero-order chi connectivity index (χ0) is 18.0. The van der Waals surface area contributed by atoms with Crippen LogP contribution >= 0.6 is 0 Å². The number of hydrogen-bond acceptors (Lipinski definition) is 7. The number of carbonyl (C=O) groups excluding carboxylic acids is 2. The molecule has 130 valence electrons. The van der Waals surface area contributed by atoms with Crippen LogP contribution in [0.25, 0.3) is 10.9 Å². The lowest BCUT2D eigenvalue weighted by Gasteiger charge is -2.16. The van der Waals surface area contributed by atoms with E-state index >= 15 is 0 Å². The van der Waals surface area contributed by atoms with Crippen molar-refractivity contribution in [1.82, 2.24) is 9.88 Å². The Kier molecular flexibility index (Phi) is 4.53. The molecule has 1 aromatic heterocycles. The lowest BCUT2D eigenvalue weighted by molar-refractivity contribution is -0.136. The van der Waals surface area contributed by atoms with E-state index < -0.39 is 11.9 Å². The summed E-state index contributed by atoms with van der Waals surface area (Å²) in [6.45, 7) is -0.108. The number of pyridine rings is 1. The Morgan fingerprint density at radius 1 is 1.40 bits per heavy atom. The number of methoxy groups -OCH3 is 1. The summed E-state index contributed by atoms with van der Waals surface area (Å²) < 4.78 is 4.74. The van der Waals surface area contributed by atoms with Gasteiger partial charge in [-0.1, -0.05) is 0 Å². The van der Waals surface area contributed by atoms with Crippen molar-refractivity contribution in [3.8, 4) is 5.75 Å². The summed E-state index contributed by atoms with van der Waals surface area (Å²) >= 11 is 0. The van der Waals surface area contributed by atoms with Crippen molar-refractivity contribution in [1.29, 1.82) is 0 Å². The number of hydrogen-bond donors (Lipinski definition) is 3. The molecule has 0 fully saturated rings. The molecule has 0 radical (unpaired) electrons. The first kappa shape index (κ1) is 16.7. The van der Waals surface area contributed by atoms with Crippen molar-refractivity contribution in [2.24, 2.45) is 0 Å². The topological polar surface area (TPSA) is 112 Å². The summed E-state index contributed by atoms with van der Waals surface area (Å²) in [4.78, 5) is 30.1. The van der Waals surface area contributed by atoms with Gasteiger partial charge in [-0.25, -0.2) is 4.79 Å². The standard InChI is InChI=1S/C17H17N3O5/c1-25-17(24)11-9-20(7-8-21)16(23)15(11)19-14-10-3-2-6-18-12(10)4-5-13(14)22/h2-6,19,21-22H,7-9H2,1H3. The number of fused-ring (bicyclic) bond motifs is 1. The number of anilines is 1. The van der Waals surface area contributed by atoms with Gasteiger partial charge in [0.05, 0.1) is 37.0 Å². The predicted octanol–water partition coefficient (Wildman–Crippen LogP) is 0.614. The fourth-order valence-electron chi connectivity index (χ4n) is 2.75. The van der Waals surface area contributed by atoms with E-state index in [4.69, 9.17) is 9.84 Å². The van der Waals surface area contributed by atoms with Gasteiger partial charge in [-0.15, -0.1) is 0 Å². The van der Waals surface area contributed by atoms with Crippen LogP contribution in [0.4, 0.5) is 5.69 Å². The molecule has 8 heteroatoms. The zero-order valence-corrected chi connectivity index (χ0v) is 13.5. The Balaban J connectivity index is 2.07. The van der Waals surface area contributed by atoms with Crippen LogP contribution in [-0.2, 0) is 14.3 Å². The quantitative estimate of drug-likeness (QED) is 0.539. The highest BCUT2D eigenvalue weighted by molar-refractivity contribution is 6.10. The number of aromatic hydroxyl groups is 1. The number of nitrogens with zero attached hydrogens (tertiary/aromatic N) is 2. The van der Waals surface area contributed by atoms with E-state index in [0.717, 1.165) is 0 Å². The number of nitrogens with one attached hydrogen (secondary N) is 1. The number of aliphatic hydroxyl groups is 1. The van der Waals surface area contributed by atoms with E-state index in [9.17, 15) is 14.7 Å². The van der Waals surface area contributed by atoms with Crippen LogP contribution in [0.15, 0.2) is 41.7 Å². The molecular formula is C17H17N3O5. The number of esters is 1. The minimum absolute atomic E-state index is 0.0203. The van der Waals surface area contributed by atoms with E-state index in [-0.39, 0.29) is 42.4 Å². The van der Waals surface area contributed by atoms with Crippen molar-refractivity contribution < 1.29 is 24.5 Å². The van der Waals surface area contributed by atoms with Gasteiger partial charge in [-0.05, 0) is 24.3 Å². The molecule has 0 aliphatic carbocycles. The number of rotatable bonds is 5. The number of ether oxygens (including phenoxy) is 1. The number of phenolic OH excluding ortho intramolecular Hbond substituents is 1. The first-order chi connectivity index (χ1) is 12.1. The van der Waals surface area contributed by atoms with Crippen LogP contribution in [0.5, 0.6) is 5.75 Å². The summed E-state index contributed by atoms with van der Waals surface area (Å²) in [6, 6.07) is 6.56. The number of β-amino-alcohol motifs (C(OH)–C–C–N with tert-alkyl or cyclic N) is 1. The Labute approximate surface area is 143 Å². The molecule has 1 aliphatic rings. The summed E-state index contributed by atoms with van der Waals surface area (Å²) in [5, 5.41) is 22.8. The fourth-order valence-corrected chi connectivity index (χ4v) is 2.75. The van der Waals surface area contributed by atoms with Gasteiger partial charge in [0.2, 0.25) is 0 Å². The summed E-state index contributed by atoms with van der Waals surface area (Å²) in [7, 11) is 1.23. The van der Waals surface area contributed by atoms with Crippen LogP contribution in [-0.4, -0.2) is 58.8 Å². The minimum atomic E-state index is -0.644. The molecule has 0 bridgehead atoms. The molecule has 25 heavy (non-hydrogen) atoms. The van der Waals surface area contributed by atoms with Crippen LogP contribution < -0.4 is 5.32 Å². The predicted molar refractivity (Wildman–Crippen MR) is 89.7 cm³/mol. The number of aliphatic hydroxyl groups excluding tert-OH is 1. The number of phenols is 1. The molecule has 0 spiro atoms. The van der Waals surface area contributed by atoms with E-state index in [1.54, 1.807) is 24.4 Å². The van der Waals surface area contributed by atoms with Crippen LogP contribution in [0, 0.1) is 0 Å². The third kappa shape index (κ3) is 2.99. The van der Waals surface area contributed by atoms with Gasteiger partial charge >= 0.3 is 5.97 Å². The Morgan fingerprint density at radius 3 is 2.92 bits per heavy atom. The molecule has 0 saturated carbocycles. The van der Waals surface area contributed by atoms with Crippen molar-refractivity contribution in [2.75, 3.05) is 32.1 Å². The van der Waals surface area contributed by atoms with Gasteiger partial charge in [0, 0.05) is 18.1 Å². The minimum Gasteiger partial charge on any atom is -0.506 e. The smallest absolute Gasteiger partial charge is 0.337 e. The van der Waals surface area contributed by atoms with Crippen molar-refractivity contribution in [2.45, 2.75) is 0 Å². The molecule has 0 saturated heterocycles. The van der Waals surface area contributed by atoms with Gasteiger partial charge < -0.3 is 25.2 Å². The maximum Gasteiger partial charge on any atom is 0.337 e. The van der Waals surface area contributed by atoms with Crippen molar-refractivity contribution in [3.05, 3.63) is 41.7 Å². The van der Waals surface area contributed by atoms with E-state index in [2.05, 4.69) is 10.3 Å². The van der Waals surface area contributed by atoms with Gasteiger partial charge in [-0.3, -0.25) is 9.78 Å². The molecule has 2 heterocycles.